The number of nitriles is 1. The molecular formula is C25H35N5O2S. The van der Waals surface area contributed by atoms with Crippen molar-refractivity contribution in [2.24, 2.45) is 0 Å². The molecule has 1 aliphatic rings. The number of ether oxygens (including phenoxy) is 1. The maximum absolute atomic E-state index is 12.8. The standard InChI is InChI=1S/C25H35N5O2S/c1-6-21-10-9-13-30(21)16-27-24(31)23-17(4)28-25(33-23)19-11-12-22(20(14-19)15-26)32-18(5)29(7-2)8-3/h11-12,14,18,21H,6-10,13,16H2,1-5H3,(H,27,31)/t18?,21-/m0/s1. The van der Waals surface area contributed by atoms with E-state index in [0.29, 0.717) is 34.6 Å². The lowest BCUT2D eigenvalue weighted by atomic mass is 10.1. The largest absolute Gasteiger partial charge is 0.474 e. The Balaban J connectivity index is 1.73. The number of carbonyl (C=O) groups is 1. The summed E-state index contributed by atoms with van der Waals surface area (Å²) in [7, 11) is 0. The predicted molar refractivity (Wildman–Crippen MR) is 132 cm³/mol. The molecule has 33 heavy (non-hydrogen) atoms. The Labute approximate surface area is 201 Å². The lowest BCUT2D eigenvalue weighted by molar-refractivity contribution is 0.0478. The normalized spacial score (nSPS) is 17.2. The second kappa shape index (κ2) is 11.6. The SMILES string of the molecule is CC[C@H]1CCCN1CNC(=O)c1sc(-c2ccc(OC(C)N(CC)CC)c(C#N)c2)nc1C. The molecule has 178 valence electrons. The van der Waals surface area contributed by atoms with Gasteiger partial charge in [-0.2, -0.15) is 5.26 Å². The van der Waals surface area contributed by atoms with E-state index in [1.807, 2.05) is 26.0 Å². The van der Waals surface area contributed by atoms with Gasteiger partial charge in [0.2, 0.25) is 0 Å². The number of nitrogens with zero attached hydrogens (tertiary/aromatic N) is 4. The molecule has 8 heteroatoms. The molecule has 0 spiro atoms. The van der Waals surface area contributed by atoms with Gasteiger partial charge in [-0.15, -0.1) is 11.3 Å². The van der Waals surface area contributed by atoms with Crippen LogP contribution in [-0.4, -0.2) is 59.3 Å². The van der Waals surface area contributed by atoms with E-state index < -0.39 is 0 Å². The molecule has 1 aromatic carbocycles. The molecule has 1 aromatic heterocycles. The average Bonchev–Trinajstić information content (AvgIpc) is 3.44. The number of rotatable bonds is 10. The van der Waals surface area contributed by atoms with Crippen LogP contribution in [0, 0.1) is 18.3 Å². The molecule has 3 rings (SSSR count). The minimum atomic E-state index is -0.127. The summed E-state index contributed by atoms with van der Waals surface area (Å²) in [5, 5.41) is 13.5. The van der Waals surface area contributed by atoms with Crippen LogP contribution in [0.25, 0.3) is 10.6 Å². The molecule has 7 nitrogen and oxygen atoms in total. The maximum Gasteiger partial charge on any atom is 0.264 e. The third-order valence-electron chi connectivity index (χ3n) is 6.39. The van der Waals surface area contributed by atoms with Gasteiger partial charge in [0, 0.05) is 18.2 Å². The number of hydrogen-bond acceptors (Lipinski definition) is 7. The summed E-state index contributed by atoms with van der Waals surface area (Å²) in [6.07, 6.45) is 3.37. The molecule has 2 aromatic rings. The molecule has 1 N–H and O–H groups in total. The van der Waals surface area contributed by atoms with Gasteiger partial charge in [-0.25, -0.2) is 4.98 Å². The van der Waals surface area contributed by atoms with E-state index >= 15 is 0 Å². The third kappa shape index (κ3) is 5.91. The van der Waals surface area contributed by atoms with Crippen LogP contribution >= 0.6 is 11.3 Å². The minimum absolute atomic E-state index is 0.0912. The fraction of sp³-hybridized carbons (Fsp3) is 0.560. The zero-order valence-corrected chi connectivity index (χ0v) is 21.2. The van der Waals surface area contributed by atoms with Crippen LogP contribution < -0.4 is 10.1 Å². The zero-order chi connectivity index (χ0) is 24.0. The van der Waals surface area contributed by atoms with Gasteiger partial charge in [0.25, 0.3) is 5.91 Å². The highest BCUT2D eigenvalue weighted by molar-refractivity contribution is 7.17. The topological polar surface area (TPSA) is 81.5 Å². The van der Waals surface area contributed by atoms with Crippen LogP contribution in [0.4, 0.5) is 0 Å². The lowest BCUT2D eigenvalue weighted by Crippen LogP contribution is -2.40. The van der Waals surface area contributed by atoms with Crippen molar-refractivity contribution >= 4 is 17.2 Å². The van der Waals surface area contributed by atoms with Crippen molar-refractivity contribution in [3.63, 3.8) is 0 Å². The molecule has 1 aliphatic heterocycles. The second-order valence-corrected chi connectivity index (χ2v) is 9.37. The molecule has 0 bridgehead atoms. The van der Waals surface area contributed by atoms with E-state index in [1.165, 1.54) is 24.2 Å². The molecule has 2 heterocycles. The van der Waals surface area contributed by atoms with Gasteiger partial charge in [0.05, 0.1) is 17.9 Å². The van der Waals surface area contributed by atoms with Gasteiger partial charge in [-0.1, -0.05) is 20.8 Å². The van der Waals surface area contributed by atoms with E-state index in [1.54, 1.807) is 6.07 Å². The summed E-state index contributed by atoms with van der Waals surface area (Å²) in [5.41, 5.74) is 1.98. The fourth-order valence-electron chi connectivity index (χ4n) is 4.40. The van der Waals surface area contributed by atoms with Gasteiger partial charge in [-0.05, 0) is 64.4 Å². The Morgan fingerprint density at radius 2 is 2.15 bits per heavy atom. The maximum atomic E-state index is 12.8. The monoisotopic (exact) mass is 469 g/mol. The summed E-state index contributed by atoms with van der Waals surface area (Å²) in [6, 6.07) is 8.31. The van der Waals surface area contributed by atoms with Crippen molar-refractivity contribution < 1.29 is 9.53 Å². The molecule has 1 fully saturated rings. The highest BCUT2D eigenvalue weighted by Gasteiger charge is 2.24. The van der Waals surface area contributed by atoms with Crippen LogP contribution in [0.2, 0.25) is 0 Å². The highest BCUT2D eigenvalue weighted by atomic mass is 32.1. The molecule has 1 unspecified atom stereocenters. The molecular weight excluding hydrogens is 434 g/mol. The summed E-state index contributed by atoms with van der Waals surface area (Å²) in [5.74, 6) is 0.467. The van der Waals surface area contributed by atoms with Crippen LogP contribution in [0.15, 0.2) is 18.2 Å². The molecule has 1 saturated heterocycles. The van der Waals surface area contributed by atoms with Gasteiger partial charge < -0.3 is 10.1 Å². The first-order valence-electron chi connectivity index (χ1n) is 11.9. The van der Waals surface area contributed by atoms with Crippen LogP contribution in [-0.2, 0) is 0 Å². The number of hydrogen-bond donors (Lipinski definition) is 1. The first-order chi connectivity index (χ1) is 15.9. The fourth-order valence-corrected chi connectivity index (χ4v) is 5.38. The number of aromatic nitrogens is 1. The van der Waals surface area contributed by atoms with Crippen LogP contribution in [0.3, 0.4) is 0 Å². The lowest BCUT2D eigenvalue weighted by Gasteiger charge is -2.27. The van der Waals surface area contributed by atoms with E-state index in [-0.39, 0.29) is 12.1 Å². The summed E-state index contributed by atoms with van der Waals surface area (Å²) < 4.78 is 6.05. The van der Waals surface area contributed by atoms with Gasteiger partial charge in [0.15, 0.2) is 0 Å². The van der Waals surface area contributed by atoms with Crippen LogP contribution in [0.1, 0.15) is 67.9 Å². The van der Waals surface area contributed by atoms with Crippen molar-refractivity contribution in [3.05, 3.63) is 34.3 Å². The Morgan fingerprint density at radius 1 is 1.39 bits per heavy atom. The van der Waals surface area contributed by atoms with Gasteiger partial charge >= 0.3 is 0 Å². The van der Waals surface area contributed by atoms with Crippen molar-refractivity contribution in [2.45, 2.75) is 66.2 Å². The molecule has 0 aliphatic carbocycles. The Bertz CT molecular complexity index is 995. The Hall–Kier alpha value is -2.47. The van der Waals surface area contributed by atoms with Crippen LogP contribution in [0.5, 0.6) is 5.75 Å². The second-order valence-electron chi connectivity index (χ2n) is 8.38. The Morgan fingerprint density at radius 3 is 2.82 bits per heavy atom. The molecule has 1 amide bonds. The number of likely N-dealkylation sites (tertiary alicyclic amines) is 1. The summed E-state index contributed by atoms with van der Waals surface area (Å²) in [6.45, 7) is 13.6. The number of amides is 1. The number of benzene rings is 1. The van der Waals surface area contributed by atoms with E-state index in [2.05, 4.69) is 46.9 Å². The molecule has 2 atom stereocenters. The minimum Gasteiger partial charge on any atom is -0.474 e. The van der Waals surface area contributed by atoms with E-state index in [9.17, 15) is 10.1 Å². The van der Waals surface area contributed by atoms with Crippen molar-refractivity contribution in [3.8, 4) is 22.4 Å². The van der Waals surface area contributed by atoms with E-state index in [0.717, 1.165) is 36.6 Å². The predicted octanol–water partition coefficient (Wildman–Crippen LogP) is 4.62. The zero-order valence-electron chi connectivity index (χ0n) is 20.4. The first-order valence-corrected chi connectivity index (χ1v) is 12.7. The van der Waals surface area contributed by atoms with Crippen molar-refractivity contribution in [1.29, 1.82) is 5.26 Å². The average molecular weight is 470 g/mol. The molecule has 0 radical (unpaired) electrons. The molecule has 0 saturated carbocycles. The first kappa shape index (κ1) is 25.2. The Kier molecular flexibility index (Phi) is 8.84. The third-order valence-corrected chi connectivity index (χ3v) is 7.59. The van der Waals surface area contributed by atoms with E-state index in [4.69, 9.17) is 4.74 Å². The quantitative estimate of drug-likeness (QED) is 0.512. The van der Waals surface area contributed by atoms with Crippen molar-refractivity contribution in [1.82, 2.24) is 20.1 Å². The smallest absolute Gasteiger partial charge is 0.264 e. The summed E-state index contributed by atoms with van der Waals surface area (Å²) >= 11 is 1.36. The number of thiazole rings is 1. The number of nitrogens with one attached hydrogen (secondary N) is 1. The van der Waals surface area contributed by atoms with Gasteiger partial charge in [0.1, 0.15) is 27.9 Å². The summed E-state index contributed by atoms with van der Waals surface area (Å²) in [4.78, 5) is 22.6. The number of carbonyl (C=O) groups excluding carboxylic acids is 1. The van der Waals surface area contributed by atoms with Gasteiger partial charge in [-0.3, -0.25) is 14.6 Å². The number of aryl methyl sites for hydroxylation is 1. The highest BCUT2D eigenvalue weighted by Crippen LogP contribution is 2.32. The van der Waals surface area contributed by atoms with Crippen molar-refractivity contribution in [2.75, 3.05) is 26.3 Å².